The van der Waals surface area contributed by atoms with Crippen LogP contribution in [0, 0.1) is 6.92 Å². The Balaban J connectivity index is 2.17. The Morgan fingerprint density at radius 3 is 2.88 bits per heavy atom. The van der Waals surface area contributed by atoms with Gasteiger partial charge in [0.05, 0.1) is 16.4 Å². The van der Waals surface area contributed by atoms with Crippen molar-refractivity contribution in [2.75, 3.05) is 11.1 Å². The Hall–Kier alpha value is -1.59. The molecular weight excluding hydrogens is 258 g/mol. The van der Waals surface area contributed by atoms with Gasteiger partial charge in [0.15, 0.2) is 5.13 Å². The number of anilines is 2. The molecule has 1 heterocycles. The standard InChI is InChI=1S/C11H10ClN3OS/c1-6-5-17-11(14-6)15-10(16)7-2-3-9(13)8(12)4-7/h2-5H,13H2,1H3,(H,14,15,16). The van der Waals surface area contributed by atoms with E-state index in [0.717, 1.165) is 5.69 Å². The molecule has 1 aromatic carbocycles. The minimum atomic E-state index is -0.249. The number of hydrogen-bond donors (Lipinski definition) is 2. The van der Waals surface area contributed by atoms with Gasteiger partial charge in [-0.3, -0.25) is 10.1 Å². The van der Waals surface area contributed by atoms with Gasteiger partial charge >= 0.3 is 0 Å². The molecule has 0 spiro atoms. The quantitative estimate of drug-likeness (QED) is 0.822. The summed E-state index contributed by atoms with van der Waals surface area (Å²) >= 11 is 7.23. The van der Waals surface area contributed by atoms with E-state index >= 15 is 0 Å². The number of benzene rings is 1. The number of aromatic nitrogens is 1. The molecule has 6 heteroatoms. The largest absolute Gasteiger partial charge is 0.398 e. The minimum absolute atomic E-state index is 0.249. The van der Waals surface area contributed by atoms with E-state index in [1.807, 2.05) is 12.3 Å². The smallest absolute Gasteiger partial charge is 0.257 e. The van der Waals surface area contributed by atoms with Gasteiger partial charge in [0.2, 0.25) is 0 Å². The van der Waals surface area contributed by atoms with Gasteiger partial charge in [0.1, 0.15) is 0 Å². The number of carbonyl (C=O) groups excluding carboxylic acids is 1. The maximum atomic E-state index is 11.8. The van der Waals surface area contributed by atoms with Crippen molar-refractivity contribution >= 4 is 39.7 Å². The van der Waals surface area contributed by atoms with Crippen molar-refractivity contribution in [3.05, 3.63) is 39.9 Å². The molecule has 0 saturated heterocycles. The summed E-state index contributed by atoms with van der Waals surface area (Å²) in [5.74, 6) is -0.249. The zero-order valence-electron chi connectivity index (χ0n) is 9.03. The highest BCUT2D eigenvalue weighted by Crippen LogP contribution is 2.21. The zero-order chi connectivity index (χ0) is 12.4. The Morgan fingerprint density at radius 1 is 1.53 bits per heavy atom. The van der Waals surface area contributed by atoms with E-state index in [-0.39, 0.29) is 5.91 Å². The van der Waals surface area contributed by atoms with Crippen LogP contribution in [0.1, 0.15) is 16.1 Å². The Bertz CT molecular complexity index is 568. The van der Waals surface area contributed by atoms with Crippen LogP contribution in [0.15, 0.2) is 23.6 Å². The molecule has 0 radical (unpaired) electrons. The monoisotopic (exact) mass is 267 g/mol. The van der Waals surface area contributed by atoms with Crippen molar-refractivity contribution in [3.8, 4) is 0 Å². The fourth-order valence-corrected chi connectivity index (χ4v) is 2.11. The molecule has 2 rings (SSSR count). The Morgan fingerprint density at radius 2 is 2.29 bits per heavy atom. The summed E-state index contributed by atoms with van der Waals surface area (Å²) in [6.45, 7) is 1.87. The molecule has 0 aliphatic heterocycles. The molecule has 0 fully saturated rings. The van der Waals surface area contributed by atoms with Crippen molar-refractivity contribution in [3.63, 3.8) is 0 Å². The summed E-state index contributed by atoms with van der Waals surface area (Å²) in [6, 6.07) is 4.76. The van der Waals surface area contributed by atoms with E-state index in [4.69, 9.17) is 17.3 Å². The lowest BCUT2D eigenvalue weighted by atomic mass is 10.2. The molecule has 2 aromatic rings. The number of aryl methyl sites for hydroxylation is 1. The number of hydrogen-bond acceptors (Lipinski definition) is 4. The van der Waals surface area contributed by atoms with Gasteiger partial charge in [-0.05, 0) is 25.1 Å². The van der Waals surface area contributed by atoms with E-state index in [2.05, 4.69) is 10.3 Å². The number of amides is 1. The highest BCUT2D eigenvalue weighted by molar-refractivity contribution is 7.13. The lowest BCUT2D eigenvalue weighted by Crippen LogP contribution is -2.11. The normalized spacial score (nSPS) is 10.2. The highest BCUT2D eigenvalue weighted by Gasteiger charge is 2.09. The molecular formula is C11H10ClN3OS. The molecule has 3 N–H and O–H groups in total. The molecule has 1 aromatic heterocycles. The average molecular weight is 268 g/mol. The van der Waals surface area contributed by atoms with Gasteiger partial charge in [-0.25, -0.2) is 4.98 Å². The Labute approximate surface area is 107 Å². The average Bonchev–Trinajstić information content (AvgIpc) is 2.68. The summed E-state index contributed by atoms with van der Waals surface area (Å²) in [4.78, 5) is 16.0. The minimum Gasteiger partial charge on any atom is -0.398 e. The first kappa shape index (κ1) is 11.9. The molecule has 4 nitrogen and oxygen atoms in total. The second-order valence-electron chi connectivity index (χ2n) is 3.48. The van der Waals surface area contributed by atoms with Gasteiger partial charge in [-0.1, -0.05) is 11.6 Å². The molecule has 0 aliphatic rings. The van der Waals surface area contributed by atoms with Gasteiger partial charge in [0, 0.05) is 10.9 Å². The van der Waals surface area contributed by atoms with Gasteiger partial charge < -0.3 is 5.73 Å². The van der Waals surface area contributed by atoms with Gasteiger partial charge in [0.25, 0.3) is 5.91 Å². The molecule has 0 saturated carbocycles. The third-order valence-electron chi connectivity index (χ3n) is 2.10. The summed E-state index contributed by atoms with van der Waals surface area (Å²) in [6.07, 6.45) is 0. The SMILES string of the molecule is Cc1csc(NC(=O)c2ccc(N)c(Cl)c2)n1. The van der Waals surface area contributed by atoms with Gasteiger partial charge in [-0.2, -0.15) is 0 Å². The first-order valence-electron chi connectivity index (χ1n) is 4.85. The maximum Gasteiger partial charge on any atom is 0.257 e. The molecule has 0 unspecified atom stereocenters. The fourth-order valence-electron chi connectivity index (χ4n) is 1.25. The van der Waals surface area contributed by atoms with Crippen LogP contribution in [0.4, 0.5) is 10.8 Å². The summed E-state index contributed by atoms with van der Waals surface area (Å²) in [5, 5.41) is 5.50. The molecule has 88 valence electrons. The van der Waals surface area contributed by atoms with Crippen LogP contribution in [0.3, 0.4) is 0 Å². The van der Waals surface area contributed by atoms with Crippen LogP contribution in [-0.4, -0.2) is 10.9 Å². The van der Waals surface area contributed by atoms with E-state index < -0.39 is 0 Å². The lowest BCUT2D eigenvalue weighted by molar-refractivity contribution is 0.102. The number of rotatable bonds is 2. The number of thiazole rings is 1. The topological polar surface area (TPSA) is 68.0 Å². The van der Waals surface area contributed by atoms with Crippen molar-refractivity contribution in [2.45, 2.75) is 6.92 Å². The molecule has 17 heavy (non-hydrogen) atoms. The highest BCUT2D eigenvalue weighted by atomic mass is 35.5. The fraction of sp³-hybridized carbons (Fsp3) is 0.0909. The molecule has 0 atom stereocenters. The third-order valence-corrected chi connectivity index (χ3v) is 3.31. The van der Waals surface area contributed by atoms with E-state index in [1.54, 1.807) is 12.1 Å². The summed E-state index contributed by atoms with van der Waals surface area (Å²) in [7, 11) is 0. The van der Waals surface area contributed by atoms with Crippen molar-refractivity contribution < 1.29 is 4.79 Å². The molecule has 1 amide bonds. The number of nitrogens with zero attached hydrogens (tertiary/aromatic N) is 1. The Kier molecular flexibility index (Phi) is 3.31. The summed E-state index contributed by atoms with van der Waals surface area (Å²) < 4.78 is 0. The number of halogens is 1. The van der Waals surface area contributed by atoms with E-state index in [1.165, 1.54) is 17.4 Å². The van der Waals surface area contributed by atoms with Crippen LogP contribution in [-0.2, 0) is 0 Å². The van der Waals surface area contributed by atoms with Crippen LogP contribution in [0.2, 0.25) is 5.02 Å². The number of nitrogens with one attached hydrogen (secondary N) is 1. The lowest BCUT2D eigenvalue weighted by Gasteiger charge is -2.03. The third kappa shape index (κ3) is 2.75. The second kappa shape index (κ2) is 4.73. The summed E-state index contributed by atoms with van der Waals surface area (Å²) in [5.41, 5.74) is 7.35. The van der Waals surface area contributed by atoms with Crippen molar-refractivity contribution in [1.82, 2.24) is 4.98 Å². The molecule has 0 bridgehead atoms. The molecule has 0 aliphatic carbocycles. The van der Waals surface area contributed by atoms with Crippen LogP contribution < -0.4 is 11.1 Å². The van der Waals surface area contributed by atoms with E-state index in [9.17, 15) is 4.79 Å². The van der Waals surface area contributed by atoms with Crippen LogP contribution in [0.25, 0.3) is 0 Å². The number of nitrogen functional groups attached to an aromatic ring is 1. The first-order valence-corrected chi connectivity index (χ1v) is 6.10. The second-order valence-corrected chi connectivity index (χ2v) is 4.75. The van der Waals surface area contributed by atoms with Crippen molar-refractivity contribution in [1.29, 1.82) is 0 Å². The number of nitrogens with two attached hydrogens (primary N) is 1. The van der Waals surface area contributed by atoms with Crippen LogP contribution >= 0.6 is 22.9 Å². The first-order chi connectivity index (χ1) is 8.06. The maximum absolute atomic E-state index is 11.8. The van der Waals surface area contributed by atoms with E-state index in [0.29, 0.717) is 21.4 Å². The predicted octanol–water partition coefficient (Wildman–Crippen LogP) is 2.94. The zero-order valence-corrected chi connectivity index (χ0v) is 10.6. The van der Waals surface area contributed by atoms with Crippen molar-refractivity contribution in [2.24, 2.45) is 0 Å². The van der Waals surface area contributed by atoms with Gasteiger partial charge in [-0.15, -0.1) is 11.3 Å². The predicted molar refractivity (Wildman–Crippen MR) is 70.7 cm³/mol. The van der Waals surface area contributed by atoms with Crippen LogP contribution in [0.5, 0.6) is 0 Å². The number of carbonyl (C=O) groups is 1.